The van der Waals surface area contributed by atoms with Crippen molar-refractivity contribution < 1.29 is 0 Å². The lowest BCUT2D eigenvalue weighted by molar-refractivity contribution is 0.522. The van der Waals surface area contributed by atoms with E-state index in [1.54, 1.807) is 0 Å². The minimum absolute atomic E-state index is 0.451. The lowest BCUT2D eigenvalue weighted by atomic mass is 9.80. The number of rotatable bonds is 8. The predicted molar refractivity (Wildman–Crippen MR) is 145 cm³/mol. The summed E-state index contributed by atoms with van der Waals surface area (Å²) < 4.78 is 0. The minimum Gasteiger partial charge on any atom is -0.0912 e. The summed E-state index contributed by atoms with van der Waals surface area (Å²) in [5, 5.41) is 2.26. The molecule has 0 heteroatoms. The molecule has 0 aliphatic carbocycles. The highest BCUT2D eigenvalue weighted by Gasteiger charge is 2.19. The highest BCUT2D eigenvalue weighted by molar-refractivity contribution is 5.72. The molecule has 0 saturated heterocycles. The van der Waals surface area contributed by atoms with E-state index in [1.807, 2.05) is 0 Å². The smallest absolute Gasteiger partial charge is 0.0121 e. The molecule has 0 bridgehead atoms. The van der Waals surface area contributed by atoms with E-state index in [9.17, 15) is 0 Å². The molecule has 0 N–H and O–H groups in total. The minimum atomic E-state index is 0.451. The highest BCUT2D eigenvalue weighted by Crippen LogP contribution is 2.34. The number of benzene rings is 2. The topological polar surface area (TPSA) is 0 Å². The Hall–Kier alpha value is -2.60. The summed E-state index contributed by atoms with van der Waals surface area (Å²) >= 11 is 0. The van der Waals surface area contributed by atoms with Crippen LogP contribution in [0.3, 0.4) is 0 Å². The summed E-state index contributed by atoms with van der Waals surface area (Å²) in [4.78, 5) is 0. The van der Waals surface area contributed by atoms with Crippen molar-refractivity contribution in [1.82, 2.24) is 0 Å². The van der Waals surface area contributed by atoms with E-state index in [0.717, 1.165) is 18.1 Å². The molecular formula is C32H42. The van der Waals surface area contributed by atoms with Crippen molar-refractivity contribution in [3.63, 3.8) is 0 Å². The zero-order valence-electron chi connectivity index (χ0n) is 21.5. The van der Waals surface area contributed by atoms with Crippen molar-refractivity contribution in [1.29, 1.82) is 0 Å². The van der Waals surface area contributed by atoms with Crippen LogP contribution in [-0.2, 0) is 0 Å². The first kappa shape index (κ1) is 25.7. The van der Waals surface area contributed by atoms with Crippen LogP contribution in [0.25, 0.3) is 18.2 Å². The van der Waals surface area contributed by atoms with Crippen molar-refractivity contribution in [3.05, 3.63) is 98.5 Å². The van der Waals surface area contributed by atoms with Gasteiger partial charge in [-0.15, -0.1) is 0 Å². The van der Waals surface area contributed by atoms with Crippen molar-refractivity contribution in [3.8, 4) is 0 Å². The van der Waals surface area contributed by atoms with Gasteiger partial charge in [-0.2, -0.15) is 0 Å². The Morgan fingerprint density at radius 3 is 2.28 bits per heavy atom. The molecule has 2 unspecified atom stereocenters. The molecule has 0 aromatic heterocycles. The quantitative estimate of drug-likeness (QED) is 0.375. The first-order chi connectivity index (χ1) is 15.2. The molecule has 0 heterocycles. The molecule has 2 atom stereocenters. The van der Waals surface area contributed by atoms with Gasteiger partial charge in [-0.05, 0) is 86.4 Å². The molecule has 2 aromatic rings. The Labute approximate surface area is 196 Å². The van der Waals surface area contributed by atoms with Gasteiger partial charge in [0.15, 0.2) is 0 Å². The van der Waals surface area contributed by atoms with Crippen LogP contribution in [0.2, 0.25) is 0 Å². The molecule has 0 spiro atoms. The van der Waals surface area contributed by atoms with Gasteiger partial charge >= 0.3 is 0 Å². The van der Waals surface area contributed by atoms with E-state index < -0.39 is 0 Å². The standard InChI is InChI=1S/C32H42/c1-10-22(3)18-25(6)20-29(11-2)28(9)31-17-13-24(5)21-32(31)27(8)15-16-30-19-23(4)12-14-26(30)7/h12-21,28-29H,7,10-11H2,1-6,8-9H3/b22-18-,25-20-,27-15+,30-16-. The fraction of sp³-hybridized carbons (Fsp3) is 0.375. The lowest BCUT2D eigenvalue weighted by Gasteiger charge is -2.24. The van der Waals surface area contributed by atoms with Crippen molar-refractivity contribution in [2.45, 2.75) is 74.1 Å². The van der Waals surface area contributed by atoms with E-state index in [0.29, 0.717) is 11.8 Å². The highest BCUT2D eigenvalue weighted by atomic mass is 14.2. The number of aryl methyl sites for hydroxylation is 2. The number of hydrogen-bond donors (Lipinski definition) is 0. The summed E-state index contributed by atoms with van der Waals surface area (Å²) in [6, 6.07) is 13.4. The zero-order valence-corrected chi connectivity index (χ0v) is 21.5. The maximum absolute atomic E-state index is 4.19. The Kier molecular flexibility index (Phi) is 9.51. The number of hydrogen-bond acceptors (Lipinski definition) is 0. The molecule has 0 fully saturated rings. The fourth-order valence-electron chi connectivity index (χ4n) is 4.31. The monoisotopic (exact) mass is 426 g/mol. The van der Waals surface area contributed by atoms with Gasteiger partial charge in [-0.1, -0.05) is 110 Å². The van der Waals surface area contributed by atoms with Gasteiger partial charge in [0.1, 0.15) is 0 Å². The average molecular weight is 427 g/mol. The molecule has 0 aliphatic heterocycles. The van der Waals surface area contributed by atoms with Gasteiger partial charge in [-0.3, -0.25) is 0 Å². The second kappa shape index (κ2) is 11.9. The van der Waals surface area contributed by atoms with Crippen LogP contribution in [-0.4, -0.2) is 0 Å². The van der Waals surface area contributed by atoms with E-state index in [-0.39, 0.29) is 0 Å². The van der Waals surface area contributed by atoms with Crippen LogP contribution in [0.5, 0.6) is 0 Å². The van der Waals surface area contributed by atoms with Crippen molar-refractivity contribution >= 4 is 18.2 Å². The fourth-order valence-corrected chi connectivity index (χ4v) is 4.31. The van der Waals surface area contributed by atoms with Crippen LogP contribution in [0, 0.1) is 19.8 Å². The normalized spacial score (nSPS) is 15.8. The molecule has 0 aliphatic rings. The molecule has 0 saturated carbocycles. The van der Waals surface area contributed by atoms with Crippen LogP contribution in [0.4, 0.5) is 0 Å². The molecule has 0 amide bonds. The van der Waals surface area contributed by atoms with Crippen molar-refractivity contribution in [2.24, 2.45) is 5.92 Å². The van der Waals surface area contributed by atoms with Crippen molar-refractivity contribution in [2.75, 3.05) is 0 Å². The summed E-state index contributed by atoms with van der Waals surface area (Å²) in [6.07, 6.45) is 11.5. The third kappa shape index (κ3) is 6.95. The Bertz CT molecular complexity index is 1120. The Morgan fingerprint density at radius 1 is 0.969 bits per heavy atom. The third-order valence-corrected chi connectivity index (χ3v) is 6.56. The average Bonchev–Trinajstić information content (AvgIpc) is 2.77. The van der Waals surface area contributed by atoms with Gasteiger partial charge in [0.05, 0.1) is 0 Å². The molecule has 0 radical (unpaired) electrons. The van der Waals surface area contributed by atoms with E-state index in [1.165, 1.54) is 44.2 Å². The maximum Gasteiger partial charge on any atom is -0.0121 e. The van der Waals surface area contributed by atoms with Crippen LogP contribution in [0.15, 0.2) is 65.8 Å². The molecule has 0 nitrogen and oxygen atoms in total. The van der Waals surface area contributed by atoms with Gasteiger partial charge in [0.2, 0.25) is 0 Å². The molecule has 2 rings (SSSR count). The molecular weight excluding hydrogens is 384 g/mol. The van der Waals surface area contributed by atoms with Gasteiger partial charge in [-0.25, -0.2) is 0 Å². The Morgan fingerprint density at radius 2 is 1.62 bits per heavy atom. The summed E-state index contributed by atoms with van der Waals surface area (Å²) in [5.41, 5.74) is 9.47. The molecule has 2 aromatic carbocycles. The van der Waals surface area contributed by atoms with E-state index in [4.69, 9.17) is 0 Å². The second-order valence-corrected chi connectivity index (χ2v) is 9.43. The SMILES string of the molecule is C=c1ccc(C)c/c1=C/C=C(\C)c1cc(C)ccc1C(C)C(/C=C(C)\C=C(\C)CC)CC. The maximum atomic E-state index is 4.19. The van der Waals surface area contributed by atoms with E-state index >= 15 is 0 Å². The van der Waals surface area contributed by atoms with E-state index in [2.05, 4.69) is 123 Å². The lowest BCUT2D eigenvalue weighted by Crippen LogP contribution is -2.22. The predicted octanol–water partition coefficient (Wildman–Crippen LogP) is 8.03. The molecule has 170 valence electrons. The van der Waals surface area contributed by atoms with Gasteiger partial charge in [0, 0.05) is 0 Å². The first-order valence-electron chi connectivity index (χ1n) is 12.1. The summed E-state index contributed by atoms with van der Waals surface area (Å²) in [6.45, 7) is 22.1. The van der Waals surface area contributed by atoms with Gasteiger partial charge < -0.3 is 0 Å². The molecule has 32 heavy (non-hydrogen) atoms. The first-order valence-corrected chi connectivity index (χ1v) is 12.1. The van der Waals surface area contributed by atoms with Crippen LogP contribution >= 0.6 is 0 Å². The third-order valence-electron chi connectivity index (χ3n) is 6.56. The Balaban J connectivity index is 2.49. The summed E-state index contributed by atoms with van der Waals surface area (Å²) in [5.74, 6) is 0.962. The van der Waals surface area contributed by atoms with Crippen LogP contribution in [0.1, 0.15) is 82.6 Å². The number of allylic oxidation sites excluding steroid dienone is 6. The summed E-state index contributed by atoms with van der Waals surface area (Å²) in [7, 11) is 0. The van der Waals surface area contributed by atoms with Crippen LogP contribution < -0.4 is 10.4 Å². The largest absolute Gasteiger partial charge is 0.0912 e. The zero-order chi connectivity index (χ0) is 23.8. The second-order valence-electron chi connectivity index (χ2n) is 9.43. The van der Waals surface area contributed by atoms with Gasteiger partial charge in [0.25, 0.3) is 0 Å².